The molecule has 2 aromatic rings. The van der Waals surface area contributed by atoms with Gasteiger partial charge in [0.05, 0.1) is 24.9 Å². The van der Waals surface area contributed by atoms with Crippen LogP contribution >= 0.6 is 31.9 Å². The number of carbonyl (C=O) groups is 3. The number of hydrogen-bond acceptors (Lipinski definition) is 8. The number of imide groups is 2. The van der Waals surface area contributed by atoms with E-state index in [0.717, 1.165) is 18.2 Å². The molecule has 4 amide bonds. The number of nitrogens with zero attached hydrogens (tertiary/aromatic N) is 2. The highest BCUT2D eigenvalue weighted by Crippen LogP contribution is 2.41. The van der Waals surface area contributed by atoms with E-state index in [-0.39, 0.29) is 26.0 Å². The van der Waals surface area contributed by atoms with Gasteiger partial charge in [-0.05, 0) is 61.7 Å². The third-order valence-electron chi connectivity index (χ3n) is 3.84. The molecule has 1 aliphatic rings. The molecule has 3 rings (SSSR count). The Morgan fingerprint density at radius 1 is 0.903 bits per heavy atom. The second kappa shape index (κ2) is 8.61. The summed E-state index contributed by atoms with van der Waals surface area (Å²) in [6.07, 6.45) is 1.23. The van der Waals surface area contributed by atoms with Gasteiger partial charge in [0.2, 0.25) is 5.75 Å². The number of halogens is 2. The number of nitro groups is 2. The van der Waals surface area contributed by atoms with E-state index in [2.05, 4.69) is 31.9 Å². The summed E-state index contributed by atoms with van der Waals surface area (Å²) in [5.41, 5.74) is -1.03. The first kappa shape index (κ1) is 22.0. The lowest BCUT2D eigenvalue weighted by Crippen LogP contribution is -2.51. The predicted octanol–water partition coefficient (Wildman–Crippen LogP) is 3.57. The van der Waals surface area contributed by atoms with Gasteiger partial charge in [-0.1, -0.05) is 0 Å². The Hall–Kier alpha value is -3.65. The van der Waals surface area contributed by atoms with Gasteiger partial charge in [0.15, 0.2) is 5.75 Å². The fourth-order valence-corrected chi connectivity index (χ4v) is 3.88. The summed E-state index contributed by atoms with van der Waals surface area (Å²) in [5.74, 6) is -1.88. The standard InChI is InChI=1S/C17H8Br2N4O8/c18-10-4-7(3-9-15(24)20-17(26)21-16(9)25)5-11(19)14(10)31-13-2-1-8(22(27)28)6-12(13)23(29)30/h1-6H,(H2,20,21,24,25,26). The molecule has 1 aliphatic heterocycles. The number of rotatable bonds is 5. The van der Waals surface area contributed by atoms with Crippen LogP contribution in [0.3, 0.4) is 0 Å². The van der Waals surface area contributed by atoms with Gasteiger partial charge < -0.3 is 4.74 Å². The lowest BCUT2D eigenvalue weighted by molar-refractivity contribution is -0.394. The van der Waals surface area contributed by atoms with Crippen molar-refractivity contribution in [3.8, 4) is 11.5 Å². The second-order valence-corrected chi connectivity index (χ2v) is 7.59. The molecule has 14 heteroatoms. The molecular weight excluding hydrogens is 548 g/mol. The molecule has 31 heavy (non-hydrogen) atoms. The zero-order valence-corrected chi connectivity index (χ0v) is 18.1. The molecular formula is C17H8Br2N4O8. The summed E-state index contributed by atoms with van der Waals surface area (Å²) in [6, 6.07) is 4.92. The molecule has 1 saturated heterocycles. The average molecular weight is 556 g/mol. The van der Waals surface area contributed by atoms with Gasteiger partial charge in [0.1, 0.15) is 5.57 Å². The van der Waals surface area contributed by atoms with E-state index in [1.165, 1.54) is 18.2 Å². The predicted molar refractivity (Wildman–Crippen MR) is 111 cm³/mol. The van der Waals surface area contributed by atoms with Crippen molar-refractivity contribution in [1.82, 2.24) is 10.6 Å². The third-order valence-corrected chi connectivity index (χ3v) is 5.02. The summed E-state index contributed by atoms with van der Waals surface area (Å²) in [4.78, 5) is 55.4. The van der Waals surface area contributed by atoms with Crippen LogP contribution in [0, 0.1) is 20.2 Å². The van der Waals surface area contributed by atoms with Crippen molar-refractivity contribution >= 4 is 67.2 Å². The molecule has 0 spiro atoms. The van der Waals surface area contributed by atoms with E-state index < -0.39 is 39.1 Å². The van der Waals surface area contributed by atoms with E-state index in [1.54, 1.807) is 0 Å². The average Bonchev–Trinajstić information content (AvgIpc) is 2.67. The van der Waals surface area contributed by atoms with Gasteiger partial charge in [-0.25, -0.2) is 4.79 Å². The van der Waals surface area contributed by atoms with Gasteiger partial charge in [-0.3, -0.25) is 40.5 Å². The van der Waals surface area contributed by atoms with E-state index in [9.17, 15) is 34.6 Å². The molecule has 0 unspecified atom stereocenters. The molecule has 12 nitrogen and oxygen atoms in total. The number of hydrogen-bond donors (Lipinski definition) is 2. The Morgan fingerprint density at radius 2 is 1.48 bits per heavy atom. The molecule has 1 heterocycles. The molecule has 0 saturated carbocycles. The maximum Gasteiger partial charge on any atom is 0.328 e. The van der Waals surface area contributed by atoms with Crippen LogP contribution in [0.15, 0.2) is 44.9 Å². The lowest BCUT2D eigenvalue weighted by atomic mass is 10.1. The molecule has 0 aromatic heterocycles. The number of carbonyl (C=O) groups excluding carboxylic acids is 3. The van der Waals surface area contributed by atoms with Crippen LogP contribution in [0.1, 0.15) is 5.56 Å². The monoisotopic (exact) mass is 554 g/mol. The Morgan fingerprint density at radius 3 is 2.00 bits per heavy atom. The van der Waals surface area contributed by atoms with Crippen LogP contribution in [0.4, 0.5) is 16.2 Å². The molecule has 0 atom stereocenters. The minimum atomic E-state index is -0.928. The van der Waals surface area contributed by atoms with E-state index >= 15 is 0 Å². The number of amides is 4. The largest absolute Gasteiger partial charge is 0.448 e. The Labute approximate surface area is 188 Å². The fourth-order valence-electron chi connectivity index (χ4n) is 2.49. The SMILES string of the molecule is O=C1NC(=O)C(=Cc2cc(Br)c(Oc3ccc([N+](=O)[O-])cc3[N+](=O)[O-])c(Br)c2)C(=O)N1. The maximum absolute atomic E-state index is 11.9. The number of benzene rings is 2. The van der Waals surface area contributed by atoms with Crippen LogP contribution in [0.5, 0.6) is 11.5 Å². The maximum atomic E-state index is 11.9. The van der Waals surface area contributed by atoms with Crippen molar-refractivity contribution in [1.29, 1.82) is 0 Å². The number of barbiturate groups is 1. The van der Waals surface area contributed by atoms with Crippen molar-refractivity contribution in [2.45, 2.75) is 0 Å². The number of non-ortho nitro benzene ring substituents is 1. The highest BCUT2D eigenvalue weighted by molar-refractivity contribution is 9.11. The molecule has 0 radical (unpaired) electrons. The van der Waals surface area contributed by atoms with E-state index in [0.29, 0.717) is 5.56 Å². The van der Waals surface area contributed by atoms with Crippen molar-refractivity contribution in [2.24, 2.45) is 0 Å². The topological polar surface area (TPSA) is 171 Å². The van der Waals surface area contributed by atoms with Crippen molar-refractivity contribution in [3.05, 3.63) is 70.6 Å². The van der Waals surface area contributed by atoms with E-state index in [1.807, 2.05) is 10.6 Å². The summed E-state index contributed by atoms with van der Waals surface area (Å²) in [7, 11) is 0. The molecule has 2 aromatic carbocycles. The lowest BCUT2D eigenvalue weighted by Gasteiger charge is -2.15. The minimum absolute atomic E-state index is 0.104. The van der Waals surface area contributed by atoms with E-state index in [4.69, 9.17) is 4.74 Å². The molecule has 0 bridgehead atoms. The van der Waals surface area contributed by atoms with Crippen LogP contribution < -0.4 is 15.4 Å². The zero-order valence-electron chi connectivity index (χ0n) is 14.9. The normalized spacial score (nSPS) is 13.4. The van der Waals surface area contributed by atoms with Gasteiger partial charge in [0, 0.05) is 6.07 Å². The van der Waals surface area contributed by atoms with Crippen molar-refractivity contribution in [2.75, 3.05) is 0 Å². The minimum Gasteiger partial charge on any atom is -0.448 e. The number of nitro benzene ring substituents is 2. The Bertz CT molecular complexity index is 1170. The molecule has 158 valence electrons. The molecule has 2 N–H and O–H groups in total. The molecule has 0 aliphatic carbocycles. The quantitative estimate of drug-likeness (QED) is 0.244. The smallest absolute Gasteiger partial charge is 0.328 e. The van der Waals surface area contributed by atoms with Crippen LogP contribution in [0.2, 0.25) is 0 Å². The van der Waals surface area contributed by atoms with Crippen LogP contribution in [0.25, 0.3) is 6.08 Å². The summed E-state index contributed by atoms with van der Waals surface area (Å²) >= 11 is 6.48. The third kappa shape index (κ3) is 4.75. The highest BCUT2D eigenvalue weighted by atomic mass is 79.9. The van der Waals surface area contributed by atoms with Gasteiger partial charge >= 0.3 is 11.7 Å². The number of ether oxygens (including phenoxy) is 1. The first-order valence-corrected chi connectivity index (χ1v) is 9.63. The van der Waals surface area contributed by atoms with Crippen LogP contribution in [-0.2, 0) is 9.59 Å². The van der Waals surface area contributed by atoms with Crippen LogP contribution in [-0.4, -0.2) is 27.7 Å². The Balaban J connectivity index is 1.97. The summed E-state index contributed by atoms with van der Waals surface area (Å²) < 4.78 is 6.16. The highest BCUT2D eigenvalue weighted by Gasteiger charge is 2.28. The first-order chi connectivity index (χ1) is 14.6. The number of nitrogens with one attached hydrogen (secondary N) is 2. The molecule has 1 fully saturated rings. The number of urea groups is 1. The van der Waals surface area contributed by atoms with Gasteiger partial charge in [-0.15, -0.1) is 0 Å². The van der Waals surface area contributed by atoms with Crippen molar-refractivity contribution in [3.63, 3.8) is 0 Å². The van der Waals surface area contributed by atoms with Gasteiger partial charge in [0.25, 0.3) is 17.5 Å². The van der Waals surface area contributed by atoms with Gasteiger partial charge in [-0.2, -0.15) is 0 Å². The van der Waals surface area contributed by atoms with Crippen molar-refractivity contribution < 1.29 is 29.0 Å². The first-order valence-electron chi connectivity index (χ1n) is 8.05. The fraction of sp³-hybridized carbons (Fsp3) is 0. The second-order valence-electron chi connectivity index (χ2n) is 5.88. The Kier molecular flexibility index (Phi) is 6.12. The zero-order chi connectivity index (χ0) is 22.9. The summed E-state index contributed by atoms with van der Waals surface area (Å²) in [5, 5.41) is 26.0. The summed E-state index contributed by atoms with van der Waals surface area (Å²) in [6.45, 7) is 0.